The molecule has 4 atom stereocenters. The Labute approximate surface area is 535 Å². The van der Waals surface area contributed by atoms with Crippen LogP contribution >= 0.6 is 0 Å². The summed E-state index contributed by atoms with van der Waals surface area (Å²) in [5.41, 5.74) is -0.854. The van der Waals surface area contributed by atoms with Gasteiger partial charge in [0.05, 0.1) is 27.2 Å². The number of terminal acetylenes is 1. The number of hydrogen-bond acceptors (Lipinski definition) is 12. The summed E-state index contributed by atoms with van der Waals surface area (Å²) >= 11 is 0. The zero-order valence-corrected chi connectivity index (χ0v) is 49.7. The molecule has 6 rings (SSSR count). The number of rotatable bonds is 17. The molecule has 0 bridgehead atoms. The van der Waals surface area contributed by atoms with Crippen LogP contribution in [0.3, 0.4) is 0 Å². The van der Waals surface area contributed by atoms with Crippen LogP contribution < -0.4 is 25.5 Å². The van der Waals surface area contributed by atoms with Crippen molar-refractivity contribution in [1.29, 1.82) is 0 Å². The van der Waals surface area contributed by atoms with Gasteiger partial charge in [0.15, 0.2) is 20.6 Å². The van der Waals surface area contributed by atoms with Crippen LogP contribution in [-0.4, -0.2) is 74.2 Å². The van der Waals surface area contributed by atoms with Crippen molar-refractivity contribution in [3.63, 3.8) is 0 Å². The highest BCUT2D eigenvalue weighted by atomic mass is 28.4. The van der Waals surface area contributed by atoms with Gasteiger partial charge < -0.3 is 37.6 Å². The van der Waals surface area contributed by atoms with Gasteiger partial charge in [-0.25, -0.2) is 4.79 Å². The molecule has 1 fully saturated rings. The summed E-state index contributed by atoms with van der Waals surface area (Å²) < 4.78 is 45.9. The average Bonchev–Trinajstić information content (AvgIpc) is 1.47. The molecule has 1 saturated heterocycles. The van der Waals surface area contributed by atoms with Crippen molar-refractivity contribution in [2.75, 3.05) is 20.8 Å². The molecule has 1 aromatic heterocycles. The first kappa shape index (κ1) is 64.2. The molecule has 0 radical (unpaired) electrons. The Morgan fingerprint density at radius 2 is 1.14 bits per heavy atom. The lowest BCUT2D eigenvalue weighted by molar-refractivity contribution is -0.159. The summed E-state index contributed by atoms with van der Waals surface area (Å²) in [7, 11) is 0.228. The van der Waals surface area contributed by atoms with E-state index >= 15 is 0 Å². The van der Waals surface area contributed by atoms with Crippen molar-refractivity contribution >= 4 is 26.0 Å². The van der Waals surface area contributed by atoms with Gasteiger partial charge >= 0.3 is 11.7 Å². The smallest absolute Gasteiger partial charge is 0.340 e. The van der Waals surface area contributed by atoms with E-state index in [2.05, 4.69) is 125 Å². The Hall–Kier alpha value is -11.0. The van der Waals surface area contributed by atoms with Crippen molar-refractivity contribution in [3.8, 4) is 148 Å². The maximum Gasteiger partial charge on any atom is 0.340 e. The van der Waals surface area contributed by atoms with Crippen molar-refractivity contribution in [3.05, 3.63) is 158 Å². The van der Waals surface area contributed by atoms with Crippen LogP contribution in [0.2, 0.25) is 18.1 Å². The Morgan fingerprint density at radius 1 is 0.640 bits per heavy atom. The molecule has 2 heterocycles. The molecule has 1 aliphatic rings. The molecule has 470 valence electrons. The maximum absolute atomic E-state index is 15.0. The molecule has 1 aliphatic heterocycles. The number of aryl methyl sites for hydroxylation is 1. The fourth-order valence-corrected chi connectivity index (χ4v) is 9.52. The van der Waals surface area contributed by atoms with E-state index in [0.29, 0.717) is 32.8 Å². The first-order valence-corrected chi connectivity index (χ1v) is 29.4. The van der Waals surface area contributed by atoms with E-state index in [1.807, 2.05) is 113 Å². The number of ether oxygens (including phenoxy) is 6. The molecule has 1 unspecified atom stereocenters. The topological polar surface area (TPSA) is 160 Å². The van der Waals surface area contributed by atoms with Gasteiger partial charge in [-0.05, 0) is 144 Å². The zero-order chi connectivity index (χ0) is 62.1. The Kier molecular flexibility index (Phi) is 23.1. The predicted molar refractivity (Wildman–Crippen MR) is 374 cm³/mol. The molecule has 0 spiro atoms. The van der Waals surface area contributed by atoms with Crippen molar-refractivity contribution in [2.24, 2.45) is 0 Å². The molecule has 0 amide bonds. The fourth-order valence-electron chi connectivity index (χ4n) is 8.23. The second kappa shape index (κ2) is 30.9. The second-order valence-electron chi connectivity index (χ2n) is 20.1. The number of benzene rings is 4. The van der Waals surface area contributed by atoms with Gasteiger partial charge in [-0.15, -0.1) is 6.42 Å². The van der Waals surface area contributed by atoms with Gasteiger partial charge in [0, 0.05) is 127 Å². The molecule has 15 heteroatoms. The number of nitrogens with zero attached hydrogens (tertiary/aromatic N) is 2. The fraction of sp³-hybridized carbons (Fsp3) is 0.254. The third-order valence-electron chi connectivity index (χ3n) is 13.3. The number of methoxy groups -OCH3 is 2. The van der Waals surface area contributed by atoms with Gasteiger partial charge in [-0.1, -0.05) is 75.4 Å². The van der Waals surface area contributed by atoms with Gasteiger partial charge in [0.25, 0.3) is 11.5 Å². The van der Waals surface area contributed by atoms with E-state index in [9.17, 15) is 24.0 Å². The molecule has 0 N–H and O–H groups in total. The highest BCUT2D eigenvalue weighted by molar-refractivity contribution is 6.74. The summed E-state index contributed by atoms with van der Waals surface area (Å²) in [4.78, 5) is 69.5. The first-order valence-electron chi connectivity index (χ1n) is 26.5. The first-order chi connectivity index (χ1) is 41.3. The van der Waals surface area contributed by atoms with E-state index in [-0.39, 0.29) is 67.9 Å². The normalized spacial score (nSPS) is 14.3. The minimum absolute atomic E-state index is 0. The summed E-state index contributed by atoms with van der Waals surface area (Å²) in [6.45, 7) is 12.8. The Morgan fingerprint density at radius 3 is 1.63 bits per heavy atom. The van der Waals surface area contributed by atoms with Gasteiger partial charge in [-0.3, -0.25) is 19.0 Å². The van der Waals surface area contributed by atoms with E-state index in [1.165, 1.54) is 25.3 Å². The third-order valence-corrected chi connectivity index (χ3v) is 17.8. The van der Waals surface area contributed by atoms with Crippen LogP contribution in [-0.2, 0) is 33.8 Å². The lowest BCUT2D eigenvalue weighted by atomic mass is 9.80. The largest absolute Gasteiger partial charge is 0.497 e. The number of esters is 1. The van der Waals surface area contributed by atoms with Crippen molar-refractivity contribution in [2.45, 2.75) is 95.7 Å². The van der Waals surface area contributed by atoms with Crippen LogP contribution in [0.25, 0.3) is 0 Å². The van der Waals surface area contributed by atoms with Crippen LogP contribution in [0.15, 0.2) is 119 Å². The number of carbonyl (C=O) groups excluding carboxylic acids is 3. The predicted octanol–water partition coefficient (Wildman–Crippen LogP) is 13.0. The second-order valence-corrected chi connectivity index (χ2v) is 24.9. The zero-order valence-electron chi connectivity index (χ0n) is 48.7. The SMILES string of the molecule is C#CC#CC#CC#CC#CC#CC#CC#CC#CC#CC#COc1cc(C)cc(C(=O)n2c(=O)ccn([C@@H]3O[C@H](COC(c4ccccc4)(c4ccc(OC)cc4)c4ccc(OC)cc4)C(OC(=O)CCC(C)=O)[C@@H]3O[Si](C)(C)C(C)(C)C)c2=O)c1.[HH].[HH].[HH].[HH].[HH].[HH].[HH].[HH].[HH].[HH].[HH].[HH].[HH].[HH].[HH].[HH].[HH].[HH].[HH].[HH].[HH].[HH]. The molecule has 0 aliphatic carbocycles. The van der Waals surface area contributed by atoms with E-state index in [4.69, 9.17) is 39.3 Å². The Bertz CT molecular complexity index is 4260. The third kappa shape index (κ3) is 17.3. The molecule has 5 aromatic rings. The monoisotopic (exact) mass is 1200 g/mol. The Balaban J connectivity index is -0.000000251. The van der Waals surface area contributed by atoms with E-state index in [1.54, 1.807) is 27.2 Å². The van der Waals surface area contributed by atoms with Crippen molar-refractivity contribution < 1.29 is 78.6 Å². The lowest BCUT2D eigenvalue weighted by Crippen LogP contribution is -2.52. The van der Waals surface area contributed by atoms with Crippen LogP contribution in [0.5, 0.6) is 17.2 Å². The van der Waals surface area contributed by atoms with Crippen LogP contribution in [0, 0.1) is 138 Å². The molecule has 86 heavy (non-hydrogen) atoms. The number of carbonyl (C=O) groups is 3. The van der Waals surface area contributed by atoms with Crippen molar-refractivity contribution in [1.82, 2.24) is 9.13 Å². The average molecular weight is 1200 g/mol. The quantitative estimate of drug-likeness (QED) is 0.0376. The van der Waals surface area contributed by atoms with Crippen LogP contribution in [0.4, 0.5) is 0 Å². The lowest BCUT2D eigenvalue weighted by Gasteiger charge is -2.40. The summed E-state index contributed by atoms with van der Waals surface area (Å²) in [5, 5.41) is -0.439. The summed E-state index contributed by atoms with van der Waals surface area (Å²) in [6, 6.07) is 29.8. The van der Waals surface area contributed by atoms with Gasteiger partial charge in [0.1, 0.15) is 46.9 Å². The molecular formula is C71H100N2O12Si. The molecular weight excluding hydrogens is 1100 g/mol. The number of Topliss-reactive ketones (excluding diaryl/α,β-unsaturated/α-hetero) is 1. The van der Waals surface area contributed by atoms with Crippen LogP contribution in [0.1, 0.15) is 111 Å². The van der Waals surface area contributed by atoms with E-state index < -0.39 is 66.6 Å². The minimum atomic E-state index is -2.91. The molecule has 0 saturated carbocycles. The maximum atomic E-state index is 15.0. The molecule has 14 nitrogen and oxygen atoms in total. The van der Waals surface area contributed by atoms with Gasteiger partial charge in [-0.2, -0.15) is 4.57 Å². The number of aromatic nitrogens is 2. The van der Waals surface area contributed by atoms with Gasteiger partial charge in [0.2, 0.25) is 0 Å². The highest BCUT2D eigenvalue weighted by Crippen LogP contribution is 2.45. The molecule has 4 aromatic carbocycles. The summed E-state index contributed by atoms with van der Waals surface area (Å²) in [5.74, 6) is 48.7. The minimum Gasteiger partial charge on any atom is -0.497 e. The number of ketones is 1. The highest BCUT2D eigenvalue weighted by Gasteiger charge is 2.54. The number of hydrogen-bond donors (Lipinski definition) is 0. The standard InChI is InChI=1S/C71H56N2O12Si.22H2/c1-11-12-13-14-15-16-17-18-19-20-21-22-23-24-25-26-27-28-29-33-48-81-61-50-53(2)49-55(51-61)67(77)73-63(75)46-47-72(69(73)78)68-66(85-86(9,10)70(4,5)6)65(84-64(76)45-36-54(3)74)62(83-68)52-82-71(56-34-31-30-32-35-56,57-37-41-59(79-7)42-38-57)58-39-43-60(80-8)44-40-58;;;;;;;;;;;;;;;;;;;;;;/h1,30-32,34-35,37-44,46-47,49-51,62,65-66,68H,36,45,52H2,2-10H3;22*1H/t62-,65?,66+,68-;;;;;;;;;;;;;;;;;;;;;;/m1....................../s1. The van der Waals surface area contributed by atoms with E-state index in [0.717, 1.165) is 16.2 Å². The summed E-state index contributed by atoms with van der Waals surface area (Å²) in [6.07, 6.45) is 3.13.